The molecule has 0 aliphatic carbocycles. The molecular weight excluding hydrogens is 332 g/mol. The van der Waals surface area contributed by atoms with E-state index in [0.717, 1.165) is 0 Å². The number of amides is 1. The van der Waals surface area contributed by atoms with E-state index in [1.807, 2.05) is 0 Å². The first-order valence-electron chi connectivity index (χ1n) is 7.69. The summed E-state index contributed by atoms with van der Waals surface area (Å²) in [5.74, 6) is -1.57. The van der Waals surface area contributed by atoms with Gasteiger partial charge in [0.1, 0.15) is 0 Å². The third kappa shape index (κ3) is 4.75. The lowest BCUT2D eigenvalue weighted by Gasteiger charge is -2.30. The van der Waals surface area contributed by atoms with Gasteiger partial charge in [0.2, 0.25) is 0 Å². The van der Waals surface area contributed by atoms with Gasteiger partial charge in [0.25, 0.3) is 11.6 Å². The Bertz CT molecular complexity index is 664. The van der Waals surface area contributed by atoms with Crippen LogP contribution in [0.2, 0.25) is 0 Å². The van der Waals surface area contributed by atoms with Gasteiger partial charge in [-0.2, -0.15) is 0 Å². The van der Waals surface area contributed by atoms with Gasteiger partial charge in [-0.25, -0.2) is 4.79 Å². The normalized spacial score (nSPS) is 14.7. The van der Waals surface area contributed by atoms with Crippen LogP contribution in [0.5, 0.6) is 0 Å². The van der Waals surface area contributed by atoms with Gasteiger partial charge in [-0.05, 0) is 25.0 Å². The van der Waals surface area contributed by atoms with Crippen molar-refractivity contribution in [1.29, 1.82) is 0 Å². The van der Waals surface area contributed by atoms with Crippen molar-refractivity contribution in [1.82, 2.24) is 4.90 Å². The summed E-state index contributed by atoms with van der Waals surface area (Å²) < 4.78 is 9.63. The molecule has 2 rings (SSSR count). The summed E-state index contributed by atoms with van der Waals surface area (Å²) in [5.41, 5.74) is -0.0103. The molecule has 0 unspecified atom stereocenters. The number of esters is 2. The number of carbonyl (C=O) groups excluding carboxylic acids is 3. The van der Waals surface area contributed by atoms with E-state index in [1.165, 1.54) is 36.3 Å². The molecule has 0 aromatic heterocycles. The number of non-ortho nitro benzene ring substituents is 1. The molecule has 1 aromatic carbocycles. The molecule has 1 aliphatic heterocycles. The number of hydrogen-bond donors (Lipinski definition) is 0. The smallest absolute Gasteiger partial charge is 0.338 e. The van der Waals surface area contributed by atoms with Gasteiger partial charge in [-0.3, -0.25) is 19.7 Å². The van der Waals surface area contributed by atoms with Crippen LogP contribution in [0.15, 0.2) is 24.3 Å². The molecule has 0 radical (unpaired) electrons. The SMILES string of the molecule is COC(=O)C1CCN(C(=O)COC(=O)c2ccc([N+](=O)[O-])cc2)CC1. The molecule has 0 spiro atoms. The number of rotatable bonds is 5. The summed E-state index contributed by atoms with van der Waals surface area (Å²) in [6.45, 7) is 0.375. The number of piperidine rings is 1. The minimum Gasteiger partial charge on any atom is -0.469 e. The number of nitro groups is 1. The molecule has 1 amide bonds. The van der Waals surface area contributed by atoms with Crippen LogP contribution in [0.4, 0.5) is 5.69 Å². The van der Waals surface area contributed by atoms with Gasteiger partial charge < -0.3 is 14.4 Å². The summed E-state index contributed by atoms with van der Waals surface area (Å²) in [6, 6.07) is 4.92. The minimum atomic E-state index is -0.729. The summed E-state index contributed by atoms with van der Waals surface area (Å²) in [6.07, 6.45) is 1.02. The van der Waals surface area contributed by atoms with Gasteiger partial charge in [0, 0.05) is 25.2 Å². The number of hydrogen-bond acceptors (Lipinski definition) is 7. The largest absolute Gasteiger partial charge is 0.469 e. The quantitative estimate of drug-likeness (QED) is 0.444. The van der Waals surface area contributed by atoms with E-state index in [0.29, 0.717) is 25.9 Å². The van der Waals surface area contributed by atoms with Crippen molar-refractivity contribution in [2.45, 2.75) is 12.8 Å². The van der Waals surface area contributed by atoms with E-state index in [1.54, 1.807) is 0 Å². The molecule has 1 fully saturated rings. The highest BCUT2D eigenvalue weighted by atomic mass is 16.6. The van der Waals surface area contributed by atoms with Crippen LogP contribution in [0.3, 0.4) is 0 Å². The summed E-state index contributed by atoms with van der Waals surface area (Å²) in [5, 5.41) is 10.6. The Balaban J connectivity index is 1.81. The van der Waals surface area contributed by atoms with Gasteiger partial charge in [-0.15, -0.1) is 0 Å². The van der Waals surface area contributed by atoms with Crippen LogP contribution >= 0.6 is 0 Å². The molecule has 1 heterocycles. The topological polar surface area (TPSA) is 116 Å². The molecule has 0 saturated carbocycles. The predicted octanol–water partition coefficient (Wildman–Crippen LogP) is 1.16. The average molecular weight is 350 g/mol. The van der Waals surface area contributed by atoms with Crippen LogP contribution in [-0.4, -0.2) is 54.5 Å². The zero-order chi connectivity index (χ0) is 18.4. The predicted molar refractivity (Wildman–Crippen MR) is 84.7 cm³/mol. The second kappa shape index (κ2) is 8.22. The Morgan fingerprint density at radius 2 is 1.80 bits per heavy atom. The summed E-state index contributed by atoms with van der Waals surface area (Å²) >= 11 is 0. The van der Waals surface area contributed by atoms with Gasteiger partial charge >= 0.3 is 11.9 Å². The number of benzene rings is 1. The summed E-state index contributed by atoms with van der Waals surface area (Å²) in [7, 11) is 1.33. The monoisotopic (exact) mass is 350 g/mol. The van der Waals surface area contributed by atoms with Crippen LogP contribution in [0.25, 0.3) is 0 Å². The van der Waals surface area contributed by atoms with Crippen LogP contribution < -0.4 is 0 Å². The molecule has 1 aliphatic rings. The molecule has 0 bridgehead atoms. The van der Waals surface area contributed by atoms with E-state index in [9.17, 15) is 24.5 Å². The fraction of sp³-hybridized carbons (Fsp3) is 0.438. The van der Waals surface area contributed by atoms with Gasteiger partial charge in [0.15, 0.2) is 6.61 Å². The fourth-order valence-electron chi connectivity index (χ4n) is 2.55. The summed E-state index contributed by atoms with van der Waals surface area (Å²) in [4.78, 5) is 46.9. The van der Waals surface area contributed by atoms with Crippen molar-refractivity contribution < 1.29 is 28.8 Å². The third-order valence-corrected chi connectivity index (χ3v) is 4.02. The van der Waals surface area contributed by atoms with Crippen molar-refractivity contribution in [2.24, 2.45) is 5.92 Å². The Labute approximate surface area is 143 Å². The molecule has 0 N–H and O–H groups in total. The van der Waals surface area contributed by atoms with Crippen LogP contribution in [0.1, 0.15) is 23.2 Å². The highest BCUT2D eigenvalue weighted by Gasteiger charge is 2.28. The molecular formula is C16H18N2O7. The maximum Gasteiger partial charge on any atom is 0.338 e. The van der Waals surface area contributed by atoms with Gasteiger partial charge in [0.05, 0.1) is 23.5 Å². The highest BCUT2D eigenvalue weighted by Crippen LogP contribution is 2.18. The zero-order valence-electron chi connectivity index (χ0n) is 13.7. The molecule has 1 aromatic rings. The second-order valence-corrected chi connectivity index (χ2v) is 5.56. The lowest BCUT2D eigenvalue weighted by molar-refractivity contribution is -0.384. The molecule has 9 heteroatoms. The first kappa shape index (κ1) is 18.4. The molecule has 134 valence electrons. The van der Waals surface area contributed by atoms with Gasteiger partial charge in [-0.1, -0.05) is 0 Å². The lowest BCUT2D eigenvalue weighted by atomic mass is 9.97. The number of likely N-dealkylation sites (tertiary alicyclic amines) is 1. The number of carbonyl (C=O) groups is 3. The van der Waals surface area contributed by atoms with Crippen molar-refractivity contribution in [3.63, 3.8) is 0 Å². The maximum atomic E-state index is 12.1. The molecule has 0 atom stereocenters. The Morgan fingerprint density at radius 1 is 1.20 bits per heavy atom. The first-order valence-corrected chi connectivity index (χ1v) is 7.69. The van der Waals surface area contributed by atoms with E-state index in [4.69, 9.17) is 4.74 Å². The number of methoxy groups -OCH3 is 1. The van der Waals surface area contributed by atoms with Crippen molar-refractivity contribution in [2.75, 3.05) is 26.8 Å². The second-order valence-electron chi connectivity index (χ2n) is 5.56. The Morgan fingerprint density at radius 3 is 2.32 bits per heavy atom. The first-order chi connectivity index (χ1) is 11.9. The van der Waals surface area contributed by atoms with E-state index >= 15 is 0 Å². The minimum absolute atomic E-state index is 0.128. The Hall–Kier alpha value is -2.97. The number of nitrogens with zero attached hydrogens (tertiary/aromatic N) is 2. The lowest BCUT2D eigenvalue weighted by Crippen LogP contribution is -2.42. The van der Waals surface area contributed by atoms with Crippen LogP contribution in [-0.2, 0) is 19.1 Å². The van der Waals surface area contributed by atoms with Crippen LogP contribution in [0, 0.1) is 16.0 Å². The van der Waals surface area contributed by atoms with Crippen molar-refractivity contribution in [3.05, 3.63) is 39.9 Å². The third-order valence-electron chi connectivity index (χ3n) is 4.02. The fourth-order valence-corrected chi connectivity index (χ4v) is 2.55. The average Bonchev–Trinajstić information content (AvgIpc) is 2.65. The van der Waals surface area contributed by atoms with E-state index in [2.05, 4.69) is 4.74 Å². The number of ether oxygens (including phenoxy) is 2. The highest BCUT2D eigenvalue weighted by molar-refractivity contribution is 5.91. The molecule has 9 nitrogen and oxygen atoms in total. The zero-order valence-corrected chi connectivity index (χ0v) is 13.7. The maximum absolute atomic E-state index is 12.1. The van der Waals surface area contributed by atoms with E-state index in [-0.39, 0.29) is 29.0 Å². The Kier molecular flexibility index (Phi) is 6.04. The standard InChI is InChI=1S/C16H18N2O7/c1-24-15(20)12-6-8-17(9-7-12)14(19)10-25-16(21)11-2-4-13(5-3-11)18(22)23/h2-5,12H,6-10H2,1H3. The van der Waals surface area contributed by atoms with Crippen molar-refractivity contribution >= 4 is 23.5 Å². The molecule has 1 saturated heterocycles. The van der Waals surface area contributed by atoms with Crippen molar-refractivity contribution in [3.8, 4) is 0 Å². The van der Waals surface area contributed by atoms with E-state index < -0.39 is 17.5 Å². The number of nitro benzene ring substituents is 1. The molecule has 25 heavy (non-hydrogen) atoms.